The number of piperidine rings is 1. The molecule has 4 N–H and O–H groups in total. The molecule has 2 rings (SSSR count). The molecule has 1 saturated heterocycles. The quantitative estimate of drug-likeness (QED) is 0.520. The zero-order valence-electron chi connectivity index (χ0n) is 7.92. The van der Waals surface area contributed by atoms with Gasteiger partial charge in [-0.3, -0.25) is 4.99 Å². The number of guanidine groups is 1. The van der Waals surface area contributed by atoms with Gasteiger partial charge >= 0.3 is 0 Å². The summed E-state index contributed by atoms with van der Waals surface area (Å²) in [6.07, 6.45) is 3.74. The van der Waals surface area contributed by atoms with E-state index in [1.54, 1.807) is 0 Å². The monoisotopic (exact) mass is 182 g/mol. The molecule has 0 spiro atoms. The van der Waals surface area contributed by atoms with Gasteiger partial charge in [-0.25, -0.2) is 0 Å². The first-order chi connectivity index (χ1) is 6.36. The summed E-state index contributed by atoms with van der Waals surface area (Å²) in [6, 6.07) is 0.547. The van der Waals surface area contributed by atoms with Crippen LogP contribution >= 0.6 is 0 Å². The Bertz CT molecular complexity index is 196. The van der Waals surface area contributed by atoms with Crippen LogP contribution < -0.4 is 16.4 Å². The molecule has 2 atom stereocenters. The minimum atomic E-state index is 0.547. The standard InChI is InChI=1S/C9H18N4/c10-9-12-5-3-8(13-9)7-2-1-4-11-6-7/h7-8,11H,1-6H2,(H3,10,12,13). The first-order valence-electron chi connectivity index (χ1n) is 5.13. The molecule has 2 heterocycles. The van der Waals surface area contributed by atoms with Crippen LogP contribution in [0.5, 0.6) is 0 Å². The lowest BCUT2D eigenvalue weighted by Gasteiger charge is -2.33. The molecule has 13 heavy (non-hydrogen) atoms. The molecular formula is C9H18N4. The van der Waals surface area contributed by atoms with E-state index in [-0.39, 0.29) is 0 Å². The van der Waals surface area contributed by atoms with Gasteiger partial charge in [-0.1, -0.05) is 0 Å². The molecule has 74 valence electrons. The first kappa shape index (κ1) is 8.81. The second-order valence-electron chi connectivity index (χ2n) is 3.91. The third-order valence-corrected chi connectivity index (χ3v) is 2.96. The number of nitrogens with two attached hydrogens (primary N) is 1. The zero-order chi connectivity index (χ0) is 9.10. The Morgan fingerprint density at radius 2 is 2.31 bits per heavy atom. The van der Waals surface area contributed by atoms with Gasteiger partial charge < -0.3 is 16.4 Å². The SMILES string of the molecule is NC1=NCCC(C2CCCNC2)N1. The molecule has 4 nitrogen and oxygen atoms in total. The predicted molar refractivity (Wildman–Crippen MR) is 53.6 cm³/mol. The molecule has 0 bridgehead atoms. The largest absolute Gasteiger partial charge is 0.370 e. The van der Waals surface area contributed by atoms with E-state index in [1.807, 2.05) is 0 Å². The average Bonchev–Trinajstić information content (AvgIpc) is 2.19. The molecule has 4 heteroatoms. The van der Waals surface area contributed by atoms with Gasteiger partial charge in [0.25, 0.3) is 0 Å². The van der Waals surface area contributed by atoms with Crippen LogP contribution in [0, 0.1) is 5.92 Å². The van der Waals surface area contributed by atoms with Crippen molar-refractivity contribution in [3.8, 4) is 0 Å². The van der Waals surface area contributed by atoms with Crippen molar-refractivity contribution in [3.63, 3.8) is 0 Å². The van der Waals surface area contributed by atoms with Gasteiger partial charge in [0.1, 0.15) is 0 Å². The summed E-state index contributed by atoms with van der Waals surface area (Å²) >= 11 is 0. The first-order valence-corrected chi connectivity index (χ1v) is 5.13. The van der Waals surface area contributed by atoms with E-state index < -0.39 is 0 Å². The molecule has 2 aliphatic heterocycles. The van der Waals surface area contributed by atoms with Gasteiger partial charge in [0.2, 0.25) is 0 Å². The Labute approximate surface area is 79.0 Å². The number of hydrogen-bond acceptors (Lipinski definition) is 4. The van der Waals surface area contributed by atoms with Gasteiger partial charge in [-0.05, 0) is 38.3 Å². The summed E-state index contributed by atoms with van der Waals surface area (Å²) in [6.45, 7) is 3.19. The van der Waals surface area contributed by atoms with Crippen molar-refractivity contribution in [2.75, 3.05) is 19.6 Å². The Balaban J connectivity index is 1.89. The van der Waals surface area contributed by atoms with Crippen LogP contribution in [0.25, 0.3) is 0 Å². The molecule has 0 radical (unpaired) electrons. The van der Waals surface area contributed by atoms with Crippen LogP contribution in [0.2, 0.25) is 0 Å². The summed E-state index contributed by atoms with van der Waals surface area (Å²) in [5.74, 6) is 1.37. The van der Waals surface area contributed by atoms with Gasteiger partial charge in [0.05, 0.1) is 0 Å². The molecule has 2 aliphatic rings. The maximum Gasteiger partial charge on any atom is 0.188 e. The second-order valence-corrected chi connectivity index (χ2v) is 3.91. The van der Waals surface area contributed by atoms with Crippen molar-refractivity contribution >= 4 is 5.96 Å². The van der Waals surface area contributed by atoms with Crippen molar-refractivity contribution < 1.29 is 0 Å². The van der Waals surface area contributed by atoms with Crippen LogP contribution in [0.15, 0.2) is 4.99 Å². The van der Waals surface area contributed by atoms with E-state index in [2.05, 4.69) is 15.6 Å². The summed E-state index contributed by atoms with van der Waals surface area (Å²) in [5, 5.41) is 6.70. The molecule has 0 aliphatic carbocycles. The predicted octanol–water partition coefficient (Wildman–Crippen LogP) is -0.337. The fourth-order valence-electron chi connectivity index (χ4n) is 2.21. The number of aliphatic imine (C=N–C) groups is 1. The summed E-state index contributed by atoms with van der Waals surface area (Å²) in [5.41, 5.74) is 5.65. The minimum Gasteiger partial charge on any atom is -0.370 e. The van der Waals surface area contributed by atoms with Gasteiger partial charge in [-0.15, -0.1) is 0 Å². The van der Waals surface area contributed by atoms with E-state index in [9.17, 15) is 0 Å². The average molecular weight is 182 g/mol. The van der Waals surface area contributed by atoms with Gasteiger partial charge in [0, 0.05) is 12.6 Å². The Kier molecular flexibility index (Phi) is 2.68. The smallest absolute Gasteiger partial charge is 0.188 e. The number of nitrogens with zero attached hydrogens (tertiary/aromatic N) is 1. The summed E-state index contributed by atoms with van der Waals surface area (Å²) < 4.78 is 0. The van der Waals surface area contributed by atoms with Crippen molar-refractivity contribution in [1.82, 2.24) is 10.6 Å². The van der Waals surface area contributed by atoms with E-state index in [0.29, 0.717) is 12.0 Å². The molecule has 0 aromatic heterocycles. The third-order valence-electron chi connectivity index (χ3n) is 2.96. The molecule has 0 aromatic carbocycles. The molecular weight excluding hydrogens is 164 g/mol. The maximum absolute atomic E-state index is 5.65. The highest BCUT2D eigenvalue weighted by Crippen LogP contribution is 2.18. The Morgan fingerprint density at radius 1 is 1.38 bits per heavy atom. The number of rotatable bonds is 1. The second kappa shape index (κ2) is 3.96. The van der Waals surface area contributed by atoms with Gasteiger partial charge in [-0.2, -0.15) is 0 Å². The molecule has 2 unspecified atom stereocenters. The maximum atomic E-state index is 5.65. The topological polar surface area (TPSA) is 62.4 Å². The number of nitrogens with one attached hydrogen (secondary N) is 2. The molecule has 0 aromatic rings. The fraction of sp³-hybridized carbons (Fsp3) is 0.889. The highest BCUT2D eigenvalue weighted by atomic mass is 15.1. The van der Waals surface area contributed by atoms with Gasteiger partial charge in [0.15, 0.2) is 5.96 Å². The van der Waals surface area contributed by atoms with Crippen LogP contribution in [0.1, 0.15) is 19.3 Å². The van der Waals surface area contributed by atoms with Crippen molar-refractivity contribution in [3.05, 3.63) is 0 Å². The normalized spacial score (nSPS) is 34.9. The highest BCUT2D eigenvalue weighted by Gasteiger charge is 2.25. The minimum absolute atomic E-state index is 0.547. The van der Waals surface area contributed by atoms with Crippen molar-refractivity contribution in [2.24, 2.45) is 16.6 Å². The number of hydrogen-bond donors (Lipinski definition) is 3. The molecule has 0 amide bonds. The van der Waals surface area contributed by atoms with Crippen LogP contribution in [-0.4, -0.2) is 31.6 Å². The van der Waals surface area contributed by atoms with E-state index in [0.717, 1.165) is 25.4 Å². The van der Waals surface area contributed by atoms with Crippen molar-refractivity contribution in [2.45, 2.75) is 25.3 Å². The highest BCUT2D eigenvalue weighted by molar-refractivity contribution is 5.78. The Morgan fingerprint density at radius 3 is 3.00 bits per heavy atom. The summed E-state index contributed by atoms with van der Waals surface area (Å²) in [7, 11) is 0. The lowest BCUT2D eigenvalue weighted by molar-refractivity contribution is 0.291. The molecule has 1 fully saturated rings. The molecule has 0 saturated carbocycles. The van der Waals surface area contributed by atoms with Crippen LogP contribution in [-0.2, 0) is 0 Å². The lowest BCUT2D eigenvalue weighted by atomic mass is 9.89. The van der Waals surface area contributed by atoms with Crippen LogP contribution in [0.3, 0.4) is 0 Å². The Hall–Kier alpha value is -0.770. The summed E-state index contributed by atoms with van der Waals surface area (Å²) in [4.78, 5) is 4.14. The van der Waals surface area contributed by atoms with Crippen LogP contribution in [0.4, 0.5) is 0 Å². The van der Waals surface area contributed by atoms with E-state index in [1.165, 1.54) is 19.4 Å². The van der Waals surface area contributed by atoms with E-state index in [4.69, 9.17) is 5.73 Å². The lowest BCUT2D eigenvalue weighted by Crippen LogP contribution is -2.51. The zero-order valence-corrected chi connectivity index (χ0v) is 7.92. The van der Waals surface area contributed by atoms with E-state index >= 15 is 0 Å². The third kappa shape index (κ3) is 2.12. The fourth-order valence-corrected chi connectivity index (χ4v) is 2.21. The van der Waals surface area contributed by atoms with Crippen molar-refractivity contribution in [1.29, 1.82) is 0 Å².